The van der Waals surface area contributed by atoms with Crippen molar-refractivity contribution in [1.82, 2.24) is 35.3 Å². The molecule has 1 unspecified atom stereocenters. The maximum Gasteiger partial charge on any atom is 0.252 e. The van der Waals surface area contributed by atoms with E-state index in [1.165, 1.54) is 6.20 Å². The van der Waals surface area contributed by atoms with Crippen LogP contribution < -0.4 is 10.1 Å². The van der Waals surface area contributed by atoms with E-state index in [-0.39, 0.29) is 25.4 Å². The van der Waals surface area contributed by atoms with E-state index in [2.05, 4.69) is 25.7 Å². The molecule has 39 heavy (non-hydrogen) atoms. The van der Waals surface area contributed by atoms with E-state index in [1.54, 1.807) is 22.7 Å². The first-order valence-electron chi connectivity index (χ1n) is 12.9. The highest BCUT2D eigenvalue weighted by atomic mass is 16.7. The molecule has 0 bridgehead atoms. The molecule has 6 rings (SSSR count). The smallest absolute Gasteiger partial charge is 0.252 e. The summed E-state index contributed by atoms with van der Waals surface area (Å²) in [7, 11) is 0. The molecule has 1 fully saturated rings. The first-order chi connectivity index (χ1) is 19.2. The molecule has 0 aliphatic carbocycles. The monoisotopic (exact) mass is 529 g/mol. The second kappa shape index (κ2) is 11.1. The van der Waals surface area contributed by atoms with Crippen molar-refractivity contribution in [3.63, 3.8) is 0 Å². The number of benzene rings is 1. The van der Waals surface area contributed by atoms with Gasteiger partial charge < -0.3 is 24.1 Å². The number of fused-ring (bicyclic) bond motifs is 3. The van der Waals surface area contributed by atoms with Gasteiger partial charge >= 0.3 is 0 Å². The zero-order valence-electron chi connectivity index (χ0n) is 21.4. The second-order valence-electron chi connectivity index (χ2n) is 9.08. The first kappa shape index (κ1) is 24.9. The fraction of sp³-hybridized carbons (Fsp3) is 0.333. The minimum absolute atomic E-state index is 0.157. The van der Waals surface area contributed by atoms with E-state index in [1.807, 2.05) is 31.2 Å². The Bertz CT molecular complexity index is 1590. The summed E-state index contributed by atoms with van der Waals surface area (Å²) in [6, 6.07) is 12.9. The van der Waals surface area contributed by atoms with E-state index >= 15 is 0 Å². The highest BCUT2D eigenvalue weighted by Gasteiger charge is 2.20. The van der Waals surface area contributed by atoms with Gasteiger partial charge in [-0.3, -0.25) is 9.78 Å². The van der Waals surface area contributed by atoms with Gasteiger partial charge in [0.25, 0.3) is 5.91 Å². The number of hydrogen-bond donors (Lipinski definition) is 1. The Hall–Kier alpha value is -4.42. The third-order valence-corrected chi connectivity index (χ3v) is 6.35. The Balaban J connectivity index is 1.25. The molecular weight excluding hydrogens is 502 g/mol. The summed E-state index contributed by atoms with van der Waals surface area (Å²) in [4.78, 5) is 16.4. The van der Waals surface area contributed by atoms with Crippen molar-refractivity contribution in [2.75, 3.05) is 13.2 Å². The molecule has 12 heteroatoms. The summed E-state index contributed by atoms with van der Waals surface area (Å²) < 4.78 is 24.6. The quantitative estimate of drug-likeness (QED) is 0.301. The van der Waals surface area contributed by atoms with Gasteiger partial charge in [-0.15, -0.1) is 15.3 Å². The lowest BCUT2D eigenvalue weighted by molar-refractivity contribution is -0.171. The Morgan fingerprint density at radius 3 is 2.82 bits per heavy atom. The molecule has 5 heterocycles. The average Bonchev–Trinajstić information content (AvgIpc) is 3.63. The summed E-state index contributed by atoms with van der Waals surface area (Å²) in [6.45, 7) is 3.52. The Morgan fingerprint density at radius 1 is 1.13 bits per heavy atom. The van der Waals surface area contributed by atoms with E-state index in [0.717, 1.165) is 30.0 Å². The van der Waals surface area contributed by atoms with Crippen LogP contribution in [0.25, 0.3) is 27.9 Å². The number of nitrogens with zero attached hydrogens (tertiary/aromatic N) is 6. The van der Waals surface area contributed by atoms with Gasteiger partial charge in [0.15, 0.2) is 23.4 Å². The predicted molar refractivity (Wildman–Crippen MR) is 139 cm³/mol. The van der Waals surface area contributed by atoms with Crippen molar-refractivity contribution in [2.24, 2.45) is 0 Å². The number of carbonyl (C=O) groups is 1. The molecule has 4 aromatic heterocycles. The molecule has 12 nitrogen and oxygen atoms in total. The maximum atomic E-state index is 12.0. The molecule has 0 saturated carbocycles. The summed E-state index contributed by atoms with van der Waals surface area (Å²) >= 11 is 0. The Morgan fingerprint density at radius 2 is 2.03 bits per heavy atom. The van der Waals surface area contributed by atoms with Crippen molar-refractivity contribution >= 4 is 22.3 Å². The lowest BCUT2D eigenvalue weighted by atomic mass is 10.2. The molecule has 1 N–H and O–H groups in total. The van der Waals surface area contributed by atoms with Crippen LogP contribution in [0.4, 0.5) is 0 Å². The predicted octanol–water partition coefficient (Wildman–Crippen LogP) is 3.70. The standard InChI is InChI=1S/C27H27N7O5/c1-2-28-26(35)17-10-11-18(29-14-17)15-38-27-21-8-4-3-7-20(21)24-30-31-25(34(24)32-27)22-13-19(39-33-22)16-37-23-9-5-6-12-36-23/h3-4,7-8,10-11,13-14,23H,2,5-6,9,12,15-16H2,1H3,(H,28,35). The zero-order valence-corrected chi connectivity index (χ0v) is 21.4. The number of hydrogen-bond acceptors (Lipinski definition) is 10. The summed E-state index contributed by atoms with van der Waals surface area (Å²) in [6.07, 6.45) is 4.30. The van der Waals surface area contributed by atoms with Crippen LogP contribution in [0.2, 0.25) is 0 Å². The highest BCUT2D eigenvalue weighted by molar-refractivity contribution is 5.97. The van der Waals surface area contributed by atoms with Crippen molar-refractivity contribution < 1.29 is 23.5 Å². The van der Waals surface area contributed by atoms with E-state index < -0.39 is 0 Å². The number of rotatable bonds is 9. The Kier molecular flexibility index (Phi) is 7.11. The lowest BCUT2D eigenvalue weighted by Gasteiger charge is -2.21. The van der Waals surface area contributed by atoms with Gasteiger partial charge in [-0.25, -0.2) is 0 Å². The molecule has 200 valence electrons. The van der Waals surface area contributed by atoms with Crippen LogP contribution in [-0.2, 0) is 22.7 Å². The lowest BCUT2D eigenvalue weighted by Crippen LogP contribution is -2.22. The van der Waals surface area contributed by atoms with Gasteiger partial charge in [-0.05, 0) is 44.4 Å². The van der Waals surface area contributed by atoms with Crippen LogP contribution in [-0.4, -0.2) is 55.3 Å². The van der Waals surface area contributed by atoms with Crippen molar-refractivity contribution in [2.45, 2.75) is 45.7 Å². The van der Waals surface area contributed by atoms with Gasteiger partial charge in [0.05, 0.1) is 11.3 Å². The molecule has 1 aliphatic heterocycles. The third-order valence-electron chi connectivity index (χ3n) is 6.35. The highest BCUT2D eigenvalue weighted by Crippen LogP contribution is 2.29. The fourth-order valence-corrected chi connectivity index (χ4v) is 4.37. The normalized spacial score (nSPS) is 15.6. The maximum absolute atomic E-state index is 12.0. The number of nitrogens with one attached hydrogen (secondary N) is 1. The van der Waals surface area contributed by atoms with Crippen LogP contribution in [0.5, 0.6) is 5.88 Å². The third kappa shape index (κ3) is 5.29. The molecular formula is C27H27N7O5. The second-order valence-corrected chi connectivity index (χ2v) is 9.08. The summed E-state index contributed by atoms with van der Waals surface area (Å²) in [5.74, 6) is 1.18. The summed E-state index contributed by atoms with van der Waals surface area (Å²) in [5, 5.41) is 21.9. The minimum atomic E-state index is -0.229. The molecule has 5 aromatic rings. The molecule has 1 aliphatic rings. The van der Waals surface area contributed by atoms with Crippen LogP contribution in [0.15, 0.2) is 53.2 Å². The fourth-order valence-electron chi connectivity index (χ4n) is 4.37. The average molecular weight is 530 g/mol. The molecule has 0 radical (unpaired) electrons. The summed E-state index contributed by atoms with van der Waals surface area (Å²) in [5.41, 5.74) is 2.18. The molecule has 0 spiro atoms. The van der Waals surface area contributed by atoms with E-state index in [0.29, 0.717) is 53.2 Å². The van der Waals surface area contributed by atoms with Crippen molar-refractivity contribution in [1.29, 1.82) is 0 Å². The SMILES string of the molecule is CCNC(=O)c1ccc(COc2nn3c(-c4cc(COC5CCCCO5)on4)nnc3c3ccccc23)nc1. The van der Waals surface area contributed by atoms with Gasteiger partial charge in [0.2, 0.25) is 11.7 Å². The van der Waals surface area contributed by atoms with Crippen LogP contribution >= 0.6 is 0 Å². The molecule has 1 atom stereocenters. The van der Waals surface area contributed by atoms with E-state index in [9.17, 15) is 4.79 Å². The van der Waals surface area contributed by atoms with Gasteiger partial charge in [-0.1, -0.05) is 23.4 Å². The van der Waals surface area contributed by atoms with Gasteiger partial charge in [0, 0.05) is 36.2 Å². The number of amides is 1. The zero-order chi connectivity index (χ0) is 26.6. The molecule has 1 aromatic carbocycles. The number of pyridine rings is 1. The number of aromatic nitrogens is 6. The minimum Gasteiger partial charge on any atom is -0.470 e. The number of carbonyl (C=O) groups excluding carboxylic acids is 1. The largest absolute Gasteiger partial charge is 0.470 e. The van der Waals surface area contributed by atoms with Gasteiger partial charge in [-0.2, -0.15) is 4.52 Å². The van der Waals surface area contributed by atoms with Crippen LogP contribution in [0, 0.1) is 0 Å². The number of ether oxygens (including phenoxy) is 3. The van der Waals surface area contributed by atoms with E-state index in [4.69, 9.17) is 23.8 Å². The molecule has 1 amide bonds. The molecule has 1 saturated heterocycles. The van der Waals surface area contributed by atoms with Gasteiger partial charge in [0.1, 0.15) is 13.2 Å². The Labute approximate surface area is 223 Å². The van der Waals surface area contributed by atoms with Crippen LogP contribution in [0.3, 0.4) is 0 Å². The van der Waals surface area contributed by atoms with Crippen LogP contribution in [0.1, 0.15) is 48.0 Å². The van der Waals surface area contributed by atoms with Crippen molar-refractivity contribution in [3.8, 4) is 17.4 Å². The van der Waals surface area contributed by atoms with Crippen molar-refractivity contribution in [3.05, 3.63) is 65.7 Å². The topological polar surface area (TPSA) is 139 Å². The first-order valence-corrected chi connectivity index (χ1v) is 12.9.